The van der Waals surface area contributed by atoms with Crippen LogP contribution in [0, 0.1) is 11.3 Å². The second-order valence-corrected chi connectivity index (χ2v) is 7.35. The molecule has 0 aliphatic heterocycles. The van der Waals surface area contributed by atoms with E-state index < -0.39 is 0 Å². The van der Waals surface area contributed by atoms with Crippen LogP contribution in [0.15, 0.2) is 18.2 Å². The van der Waals surface area contributed by atoms with Crippen molar-refractivity contribution in [2.24, 2.45) is 11.3 Å². The Hall–Kier alpha value is -1.22. The predicted octanol–water partition coefficient (Wildman–Crippen LogP) is 3.62. The highest BCUT2D eigenvalue weighted by atomic mass is 16.5. The minimum Gasteiger partial charge on any atom is -0.493 e. The lowest BCUT2D eigenvalue weighted by molar-refractivity contribution is 0.0459. The Morgan fingerprint density at radius 3 is 2.24 bits per heavy atom. The normalized spacial score (nSPS) is 25.3. The van der Waals surface area contributed by atoms with E-state index >= 15 is 0 Å². The standard InChI is InChI=1S/C18H29NO2/c1-17(2,3)14-10-18(11-14,12-19-4)13-7-8-15(20-5)16(9-13)21-6/h7-9,14,19H,10-12H2,1-6H3. The zero-order valence-electron chi connectivity index (χ0n) is 14.2. The Labute approximate surface area is 129 Å². The van der Waals surface area contributed by atoms with Gasteiger partial charge in [0.1, 0.15) is 0 Å². The van der Waals surface area contributed by atoms with Crippen LogP contribution in [0.3, 0.4) is 0 Å². The summed E-state index contributed by atoms with van der Waals surface area (Å²) in [5.41, 5.74) is 1.97. The first-order valence-corrected chi connectivity index (χ1v) is 7.73. The number of likely N-dealkylation sites (N-methyl/N-ethyl adjacent to an activating group) is 1. The molecular formula is C18H29NO2. The van der Waals surface area contributed by atoms with E-state index in [1.807, 2.05) is 13.1 Å². The van der Waals surface area contributed by atoms with Crippen LogP contribution in [0.4, 0.5) is 0 Å². The largest absolute Gasteiger partial charge is 0.493 e. The summed E-state index contributed by atoms with van der Waals surface area (Å²) in [5, 5.41) is 3.37. The smallest absolute Gasteiger partial charge is 0.161 e. The molecule has 2 rings (SSSR count). The summed E-state index contributed by atoms with van der Waals surface area (Å²) >= 11 is 0. The molecule has 0 amide bonds. The van der Waals surface area contributed by atoms with Crippen LogP contribution in [-0.4, -0.2) is 27.8 Å². The van der Waals surface area contributed by atoms with Crippen molar-refractivity contribution >= 4 is 0 Å². The highest BCUT2D eigenvalue weighted by Crippen LogP contribution is 2.54. The van der Waals surface area contributed by atoms with Crippen LogP contribution in [0.5, 0.6) is 11.5 Å². The van der Waals surface area contributed by atoms with Gasteiger partial charge in [0.15, 0.2) is 11.5 Å². The molecular weight excluding hydrogens is 262 g/mol. The molecule has 1 aliphatic rings. The van der Waals surface area contributed by atoms with E-state index in [1.165, 1.54) is 18.4 Å². The molecule has 1 aliphatic carbocycles. The molecule has 0 radical (unpaired) electrons. The first-order valence-electron chi connectivity index (χ1n) is 7.73. The van der Waals surface area contributed by atoms with Gasteiger partial charge in [0, 0.05) is 12.0 Å². The summed E-state index contributed by atoms with van der Waals surface area (Å²) in [4.78, 5) is 0. The van der Waals surface area contributed by atoms with Crippen LogP contribution in [0.25, 0.3) is 0 Å². The van der Waals surface area contributed by atoms with E-state index in [0.717, 1.165) is 24.0 Å². The van der Waals surface area contributed by atoms with Gasteiger partial charge in [0.05, 0.1) is 14.2 Å². The van der Waals surface area contributed by atoms with Gasteiger partial charge in [-0.05, 0) is 48.9 Å². The summed E-state index contributed by atoms with van der Waals surface area (Å²) in [6.45, 7) is 8.04. The van der Waals surface area contributed by atoms with Crippen molar-refractivity contribution in [2.45, 2.75) is 39.0 Å². The Bertz CT molecular complexity index is 484. The first-order chi connectivity index (χ1) is 9.86. The Morgan fingerprint density at radius 1 is 1.14 bits per heavy atom. The van der Waals surface area contributed by atoms with Gasteiger partial charge >= 0.3 is 0 Å². The van der Waals surface area contributed by atoms with E-state index in [2.05, 4.69) is 38.2 Å². The van der Waals surface area contributed by atoms with E-state index in [9.17, 15) is 0 Å². The summed E-state index contributed by atoms with van der Waals surface area (Å²) in [6.07, 6.45) is 2.46. The Kier molecular flexibility index (Phi) is 4.52. The van der Waals surface area contributed by atoms with Crippen LogP contribution in [-0.2, 0) is 5.41 Å². The molecule has 0 bridgehead atoms. The number of hydrogen-bond acceptors (Lipinski definition) is 3. The van der Waals surface area contributed by atoms with E-state index in [4.69, 9.17) is 9.47 Å². The maximum Gasteiger partial charge on any atom is 0.161 e. The SMILES string of the molecule is CNCC1(c2ccc(OC)c(OC)c2)CC(C(C)(C)C)C1. The van der Waals surface area contributed by atoms with Gasteiger partial charge in [0.25, 0.3) is 0 Å². The van der Waals surface area contributed by atoms with Crippen molar-refractivity contribution in [1.82, 2.24) is 5.32 Å². The molecule has 1 saturated carbocycles. The maximum absolute atomic E-state index is 5.47. The quantitative estimate of drug-likeness (QED) is 0.899. The van der Waals surface area contributed by atoms with Crippen LogP contribution >= 0.6 is 0 Å². The Balaban J connectivity index is 2.28. The average Bonchev–Trinajstić information content (AvgIpc) is 2.40. The van der Waals surface area contributed by atoms with Gasteiger partial charge in [-0.15, -0.1) is 0 Å². The topological polar surface area (TPSA) is 30.5 Å². The summed E-state index contributed by atoms with van der Waals surface area (Å²) in [5.74, 6) is 2.40. The van der Waals surface area contributed by atoms with Crippen molar-refractivity contribution in [3.63, 3.8) is 0 Å². The van der Waals surface area contributed by atoms with Crippen molar-refractivity contribution in [1.29, 1.82) is 0 Å². The van der Waals surface area contributed by atoms with Crippen molar-refractivity contribution in [3.8, 4) is 11.5 Å². The number of hydrogen-bond donors (Lipinski definition) is 1. The molecule has 3 heteroatoms. The molecule has 0 heterocycles. The van der Waals surface area contributed by atoms with Gasteiger partial charge in [0.2, 0.25) is 0 Å². The fraction of sp³-hybridized carbons (Fsp3) is 0.667. The molecule has 1 aromatic carbocycles. The second-order valence-electron chi connectivity index (χ2n) is 7.35. The third-order valence-corrected chi connectivity index (χ3v) is 5.01. The molecule has 1 N–H and O–H groups in total. The lowest BCUT2D eigenvalue weighted by atomic mass is 9.52. The molecule has 1 aromatic rings. The molecule has 0 aromatic heterocycles. The van der Waals surface area contributed by atoms with Gasteiger partial charge in [-0.25, -0.2) is 0 Å². The minimum atomic E-state index is 0.228. The van der Waals surface area contributed by atoms with Crippen LogP contribution in [0.2, 0.25) is 0 Å². The molecule has 3 nitrogen and oxygen atoms in total. The van der Waals surface area contributed by atoms with E-state index in [1.54, 1.807) is 14.2 Å². The molecule has 0 atom stereocenters. The summed E-state index contributed by atoms with van der Waals surface area (Å²) < 4.78 is 10.8. The molecule has 0 spiro atoms. The maximum atomic E-state index is 5.47. The first kappa shape index (κ1) is 16.2. The van der Waals surface area contributed by atoms with Crippen molar-refractivity contribution < 1.29 is 9.47 Å². The third-order valence-electron chi connectivity index (χ3n) is 5.01. The molecule has 1 fully saturated rings. The number of rotatable bonds is 5. The van der Waals surface area contributed by atoms with Gasteiger partial charge < -0.3 is 14.8 Å². The lowest BCUT2D eigenvalue weighted by Crippen LogP contribution is -2.51. The van der Waals surface area contributed by atoms with Crippen LogP contribution < -0.4 is 14.8 Å². The molecule has 0 unspecified atom stereocenters. The number of nitrogens with one attached hydrogen (secondary N) is 1. The van der Waals surface area contributed by atoms with Gasteiger partial charge in [-0.3, -0.25) is 0 Å². The molecule has 0 saturated heterocycles. The highest BCUT2D eigenvalue weighted by Gasteiger charge is 2.49. The lowest BCUT2D eigenvalue weighted by Gasteiger charge is -2.53. The monoisotopic (exact) mass is 291 g/mol. The number of benzene rings is 1. The summed E-state index contributed by atoms with van der Waals surface area (Å²) in [7, 11) is 5.41. The number of methoxy groups -OCH3 is 2. The Morgan fingerprint density at radius 2 is 1.76 bits per heavy atom. The average molecular weight is 291 g/mol. The zero-order chi connectivity index (χ0) is 15.7. The predicted molar refractivity (Wildman–Crippen MR) is 87.3 cm³/mol. The fourth-order valence-electron chi connectivity index (χ4n) is 3.48. The van der Waals surface area contributed by atoms with E-state index in [-0.39, 0.29) is 5.41 Å². The molecule has 118 valence electrons. The third kappa shape index (κ3) is 3.03. The molecule has 21 heavy (non-hydrogen) atoms. The van der Waals surface area contributed by atoms with Crippen molar-refractivity contribution in [2.75, 3.05) is 27.8 Å². The zero-order valence-corrected chi connectivity index (χ0v) is 14.2. The highest BCUT2D eigenvalue weighted by molar-refractivity contribution is 5.46. The number of ether oxygens (including phenoxy) is 2. The van der Waals surface area contributed by atoms with E-state index in [0.29, 0.717) is 5.41 Å². The second kappa shape index (κ2) is 5.88. The van der Waals surface area contributed by atoms with Gasteiger partial charge in [-0.1, -0.05) is 26.8 Å². The summed E-state index contributed by atoms with van der Waals surface area (Å²) in [6, 6.07) is 6.36. The van der Waals surface area contributed by atoms with Crippen molar-refractivity contribution in [3.05, 3.63) is 23.8 Å². The van der Waals surface area contributed by atoms with Gasteiger partial charge in [-0.2, -0.15) is 0 Å². The fourth-order valence-corrected chi connectivity index (χ4v) is 3.48. The minimum absolute atomic E-state index is 0.228. The van der Waals surface area contributed by atoms with Crippen LogP contribution in [0.1, 0.15) is 39.2 Å².